The van der Waals surface area contributed by atoms with Gasteiger partial charge in [-0.3, -0.25) is 24.8 Å². The number of alkyl carbamates (subject to hydrolysis) is 2. The summed E-state index contributed by atoms with van der Waals surface area (Å²) in [7, 11) is 2.41. The van der Waals surface area contributed by atoms with E-state index < -0.39 is 58.7 Å². The summed E-state index contributed by atoms with van der Waals surface area (Å²) in [6.07, 6.45) is 0.292. The van der Waals surface area contributed by atoms with E-state index >= 15 is 0 Å². The molecule has 0 bridgehead atoms. The fourth-order valence-corrected chi connectivity index (χ4v) is 5.24. The molecule has 0 aliphatic heterocycles. The minimum Gasteiger partial charge on any atom is -0.453 e. The molecule has 3 rings (SSSR count). The van der Waals surface area contributed by atoms with E-state index in [1.165, 1.54) is 19.2 Å². The molecule has 0 radical (unpaired) electrons. The van der Waals surface area contributed by atoms with E-state index in [1.807, 2.05) is 72.8 Å². The molecular formula is C38H50N6O7. The Morgan fingerprint density at radius 2 is 1.24 bits per heavy atom. The predicted molar refractivity (Wildman–Crippen MR) is 193 cm³/mol. The van der Waals surface area contributed by atoms with Crippen LogP contribution in [0.1, 0.15) is 52.7 Å². The number of rotatable bonds is 14. The maximum Gasteiger partial charge on any atom is 0.407 e. The molecule has 3 aromatic rings. The molecule has 1 heterocycles. The number of amides is 4. The molecule has 0 aliphatic carbocycles. The number of carbonyl (C=O) groups excluding carboxylic acids is 5. The van der Waals surface area contributed by atoms with Gasteiger partial charge in [0, 0.05) is 18.3 Å². The number of hydrogen-bond acceptors (Lipinski definition) is 9. The van der Waals surface area contributed by atoms with Crippen LogP contribution in [0.4, 0.5) is 9.59 Å². The Morgan fingerprint density at radius 3 is 1.75 bits per heavy atom. The third-order valence-corrected chi connectivity index (χ3v) is 8.04. The Kier molecular flexibility index (Phi) is 14.2. The van der Waals surface area contributed by atoms with Crippen LogP contribution in [-0.2, 0) is 36.8 Å². The first-order valence-electron chi connectivity index (χ1n) is 16.6. The van der Waals surface area contributed by atoms with Crippen molar-refractivity contribution in [2.45, 2.75) is 72.6 Å². The van der Waals surface area contributed by atoms with Gasteiger partial charge >= 0.3 is 12.2 Å². The summed E-state index contributed by atoms with van der Waals surface area (Å²) in [5, 5.41) is 9.47. The molecule has 0 saturated heterocycles. The zero-order valence-electron chi connectivity index (χ0n) is 30.6. The van der Waals surface area contributed by atoms with E-state index in [4.69, 9.17) is 9.47 Å². The molecular weight excluding hydrogens is 652 g/mol. The van der Waals surface area contributed by atoms with Gasteiger partial charge in [0.25, 0.3) is 5.91 Å². The summed E-state index contributed by atoms with van der Waals surface area (Å²) in [4.78, 5) is 70.4. The Labute approximate surface area is 299 Å². The maximum absolute atomic E-state index is 14.2. The van der Waals surface area contributed by atoms with Gasteiger partial charge in [0.15, 0.2) is 5.78 Å². The largest absolute Gasteiger partial charge is 0.453 e. The lowest BCUT2D eigenvalue weighted by molar-refractivity contribution is -0.135. The summed E-state index contributed by atoms with van der Waals surface area (Å²) in [5.74, 6) is -1.54. The van der Waals surface area contributed by atoms with Gasteiger partial charge in [-0.25, -0.2) is 14.6 Å². The monoisotopic (exact) mass is 702 g/mol. The van der Waals surface area contributed by atoms with Crippen molar-refractivity contribution in [1.82, 2.24) is 31.4 Å². The van der Waals surface area contributed by atoms with Crippen LogP contribution in [0.5, 0.6) is 0 Å². The molecule has 2 aromatic carbocycles. The molecule has 0 unspecified atom stereocenters. The molecule has 0 fully saturated rings. The highest BCUT2D eigenvalue weighted by atomic mass is 16.5. The molecule has 51 heavy (non-hydrogen) atoms. The van der Waals surface area contributed by atoms with Gasteiger partial charge in [-0.1, -0.05) is 102 Å². The third kappa shape index (κ3) is 12.5. The van der Waals surface area contributed by atoms with Crippen molar-refractivity contribution in [3.8, 4) is 11.3 Å². The predicted octanol–water partition coefficient (Wildman–Crippen LogP) is 4.42. The SMILES string of the molecule is COC(=O)N[C@H](C(=O)N[C@@H](Cc1ccccc1)C(=O)CN(Cc1ccc(-c2ccccn2)cc1)NC(=O)[C@@H](NC(=O)OC)C(C)(C)C)C(C)(C)C. The minimum absolute atomic E-state index is 0.107. The molecule has 4 N–H and O–H groups in total. The van der Waals surface area contributed by atoms with Crippen LogP contribution < -0.4 is 21.4 Å². The van der Waals surface area contributed by atoms with Gasteiger partial charge in [0.2, 0.25) is 5.91 Å². The number of Topliss-reactive ketones (excluding diaryl/α,β-unsaturated/α-hetero) is 1. The number of pyridine rings is 1. The summed E-state index contributed by atoms with van der Waals surface area (Å²) in [5.41, 5.74) is 4.63. The molecule has 1 aromatic heterocycles. The second kappa shape index (κ2) is 18.1. The number of methoxy groups -OCH3 is 2. The molecule has 13 nitrogen and oxygen atoms in total. The number of nitrogens with zero attached hydrogens (tertiary/aromatic N) is 2. The molecule has 0 spiro atoms. The third-order valence-electron chi connectivity index (χ3n) is 8.04. The topological polar surface area (TPSA) is 168 Å². The second-order valence-electron chi connectivity index (χ2n) is 14.3. The van der Waals surface area contributed by atoms with Gasteiger partial charge in [-0.2, -0.15) is 0 Å². The van der Waals surface area contributed by atoms with E-state index in [1.54, 1.807) is 47.7 Å². The Balaban J connectivity index is 1.96. The first kappa shape index (κ1) is 40.1. The lowest BCUT2D eigenvalue weighted by atomic mass is 9.86. The van der Waals surface area contributed by atoms with Crippen LogP contribution in [0.3, 0.4) is 0 Å². The van der Waals surface area contributed by atoms with Crippen LogP contribution in [0.25, 0.3) is 11.3 Å². The fraction of sp³-hybridized carbons (Fsp3) is 0.421. The van der Waals surface area contributed by atoms with Crippen molar-refractivity contribution in [2.24, 2.45) is 10.8 Å². The molecule has 3 atom stereocenters. The van der Waals surface area contributed by atoms with Crippen LogP contribution >= 0.6 is 0 Å². The number of ketones is 1. The van der Waals surface area contributed by atoms with Crippen molar-refractivity contribution >= 4 is 29.8 Å². The number of hydrazine groups is 1. The average molecular weight is 703 g/mol. The van der Waals surface area contributed by atoms with E-state index in [-0.39, 0.29) is 19.5 Å². The number of aromatic nitrogens is 1. The smallest absolute Gasteiger partial charge is 0.407 e. The number of hydrogen-bond donors (Lipinski definition) is 4. The summed E-state index contributed by atoms with van der Waals surface area (Å²) < 4.78 is 9.51. The highest BCUT2D eigenvalue weighted by Crippen LogP contribution is 2.22. The summed E-state index contributed by atoms with van der Waals surface area (Å²) in [6.45, 7) is 10.5. The van der Waals surface area contributed by atoms with Gasteiger partial charge in [0.1, 0.15) is 12.1 Å². The average Bonchev–Trinajstić information content (AvgIpc) is 3.08. The van der Waals surface area contributed by atoms with Crippen LogP contribution in [0.2, 0.25) is 0 Å². The maximum atomic E-state index is 14.2. The first-order chi connectivity index (χ1) is 24.0. The number of ether oxygens (including phenoxy) is 2. The van der Waals surface area contributed by atoms with Gasteiger partial charge in [0.05, 0.1) is 32.5 Å². The number of nitrogens with one attached hydrogen (secondary N) is 4. The number of benzene rings is 2. The van der Waals surface area contributed by atoms with Crippen molar-refractivity contribution in [2.75, 3.05) is 20.8 Å². The summed E-state index contributed by atoms with van der Waals surface area (Å²) >= 11 is 0. The van der Waals surface area contributed by atoms with Gasteiger partial charge < -0.3 is 25.4 Å². The van der Waals surface area contributed by atoms with E-state index in [0.717, 1.165) is 22.4 Å². The molecule has 274 valence electrons. The van der Waals surface area contributed by atoms with Crippen molar-refractivity contribution in [3.05, 3.63) is 90.1 Å². The lowest BCUT2D eigenvalue weighted by Crippen LogP contribution is -2.60. The highest BCUT2D eigenvalue weighted by Gasteiger charge is 2.37. The van der Waals surface area contributed by atoms with Crippen LogP contribution in [0.15, 0.2) is 79.0 Å². The van der Waals surface area contributed by atoms with E-state index in [2.05, 4.69) is 26.4 Å². The highest BCUT2D eigenvalue weighted by molar-refractivity contribution is 5.94. The second-order valence-corrected chi connectivity index (χ2v) is 14.3. The molecule has 0 aliphatic rings. The Morgan fingerprint density at radius 1 is 0.686 bits per heavy atom. The minimum atomic E-state index is -1.04. The summed E-state index contributed by atoms with van der Waals surface area (Å²) in [6, 6.07) is 19.3. The van der Waals surface area contributed by atoms with Crippen molar-refractivity contribution < 1.29 is 33.4 Å². The fourth-order valence-electron chi connectivity index (χ4n) is 5.24. The molecule has 0 saturated carbocycles. The Bertz CT molecular complexity index is 1620. The van der Waals surface area contributed by atoms with E-state index in [9.17, 15) is 24.0 Å². The van der Waals surface area contributed by atoms with Crippen molar-refractivity contribution in [1.29, 1.82) is 0 Å². The van der Waals surface area contributed by atoms with E-state index in [0.29, 0.717) is 0 Å². The first-order valence-corrected chi connectivity index (χ1v) is 16.6. The van der Waals surface area contributed by atoms with Gasteiger partial charge in [-0.15, -0.1) is 0 Å². The molecule has 13 heteroatoms. The zero-order chi connectivity index (χ0) is 37.8. The standard InChI is InChI=1S/C38H50N6O7/c1-37(2,3)31(41-35(48)50-7)33(46)40-29(22-25-14-10-9-11-15-25)30(45)24-44(43-34(47)32(38(4,5)6)42-36(49)51-8)23-26-17-19-27(20-18-26)28-16-12-13-21-39-28/h9-21,29,31-32H,22-24H2,1-8H3,(H,40,46)(H,41,48)(H,42,49)(H,43,47)/t29-,31+,32+/m0/s1. The zero-order valence-corrected chi connectivity index (χ0v) is 30.6. The normalized spacial score (nSPS) is 13.3. The molecule has 4 amide bonds. The number of carbonyl (C=O) groups is 5. The van der Waals surface area contributed by atoms with Crippen LogP contribution in [-0.4, -0.2) is 78.7 Å². The van der Waals surface area contributed by atoms with Crippen LogP contribution in [0, 0.1) is 10.8 Å². The van der Waals surface area contributed by atoms with Gasteiger partial charge in [-0.05, 0) is 40.5 Å². The Hall–Kier alpha value is -5.30. The quantitative estimate of drug-likeness (QED) is 0.178. The van der Waals surface area contributed by atoms with Crippen molar-refractivity contribution in [3.63, 3.8) is 0 Å². The lowest BCUT2D eigenvalue weighted by Gasteiger charge is -2.33.